The van der Waals surface area contributed by atoms with Crippen LogP contribution >= 0.6 is 11.8 Å². The third kappa shape index (κ3) is 1.87. The van der Waals surface area contributed by atoms with Crippen molar-refractivity contribution in [3.8, 4) is 5.75 Å². The van der Waals surface area contributed by atoms with Gasteiger partial charge in [0.1, 0.15) is 5.75 Å². The normalized spacial score (nSPS) is 24.1. The van der Waals surface area contributed by atoms with Crippen LogP contribution in [0.15, 0.2) is 23.1 Å². The van der Waals surface area contributed by atoms with Crippen LogP contribution in [0.4, 0.5) is 5.69 Å². The highest BCUT2D eigenvalue weighted by Crippen LogP contribution is 2.42. The number of hydrogen-bond acceptors (Lipinski definition) is 4. The van der Waals surface area contributed by atoms with Crippen molar-refractivity contribution in [2.75, 3.05) is 25.6 Å². The largest absolute Gasteiger partial charge is 0.497 e. The number of nitrogens with zero attached hydrogens (tertiary/aromatic N) is 1. The number of ether oxygens (including phenoxy) is 1. The standard InChI is InChI=1S/C12H18N2OS/c1-8-12(7-13)16-11-5-4-9(15-3)6-10(11)14(8)2/h4-6,8,12H,7,13H2,1-3H3. The fourth-order valence-corrected chi connectivity index (χ4v) is 3.25. The van der Waals surface area contributed by atoms with E-state index in [0.717, 1.165) is 5.75 Å². The predicted molar refractivity (Wildman–Crippen MR) is 69.6 cm³/mol. The summed E-state index contributed by atoms with van der Waals surface area (Å²) in [5.74, 6) is 0.907. The highest BCUT2D eigenvalue weighted by atomic mass is 32.2. The van der Waals surface area contributed by atoms with E-state index < -0.39 is 0 Å². The van der Waals surface area contributed by atoms with Crippen LogP contribution in [0.3, 0.4) is 0 Å². The molecule has 1 aliphatic heterocycles. The van der Waals surface area contributed by atoms with Gasteiger partial charge in [0.15, 0.2) is 0 Å². The minimum absolute atomic E-state index is 0.453. The van der Waals surface area contributed by atoms with Crippen molar-refractivity contribution in [3.05, 3.63) is 18.2 Å². The maximum absolute atomic E-state index is 5.80. The summed E-state index contributed by atoms with van der Waals surface area (Å²) < 4.78 is 5.26. The number of methoxy groups -OCH3 is 1. The second kappa shape index (κ2) is 4.55. The van der Waals surface area contributed by atoms with Gasteiger partial charge in [-0.1, -0.05) is 0 Å². The lowest BCUT2D eigenvalue weighted by atomic mass is 10.1. The molecule has 0 amide bonds. The fraction of sp³-hybridized carbons (Fsp3) is 0.500. The predicted octanol–water partition coefficient (Wildman–Crippen LogP) is 1.95. The first-order chi connectivity index (χ1) is 7.67. The van der Waals surface area contributed by atoms with E-state index in [1.165, 1.54) is 10.6 Å². The van der Waals surface area contributed by atoms with Crippen molar-refractivity contribution >= 4 is 17.4 Å². The highest BCUT2D eigenvalue weighted by Gasteiger charge is 2.29. The van der Waals surface area contributed by atoms with E-state index in [9.17, 15) is 0 Å². The van der Waals surface area contributed by atoms with E-state index in [1.807, 2.05) is 17.8 Å². The molecule has 4 heteroatoms. The van der Waals surface area contributed by atoms with Crippen molar-refractivity contribution in [2.45, 2.75) is 23.1 Å². The fourth-order valence-electron chi connectivity index (χ4n) is 1.97. The molecule has 0 fully saturated rings. The Bertz CT molecular complexity index is 383. The second-order valence-electron chi connectivity index (χ2n) is 4.08. The van der Waals surface area contributed by atoms with Gasteiger partial charge < -0.3 is 15.4 Å². The smallest absolute Gasteiger partial charge is 0.121 e. The first kappa shape index (κ1) is 11.6. The van der Waals surface area contributed by atoms with Crippen LogP contribution in [-0.2, 0) is 0 Å². The SMILES string of the molecule is COc1ccc2c(c1)N(C)C(C)C(CN)S2. The molecule has 2 atom stereocenters. The summed E-state index contributed by atoms with van der Waals surface area (Å²) in [7, 11) is 3.81. The van der Waals surface area contributed by atoms with Crippen LogP contribution in [0.25, 0.3) is 0 Å². The van der Waals surface area contributed by atoms with E-state index >= 15 is 0 Å². The second-order valence-corrected chi connectivity index (χ2v) is 5.36. The van der Waals surface area contributed by atoms with Gasteiger partial charge in [-0.15, -0.1) is 11.8 Å². The van der Waals surface area contributed by atoms with Gasteiger partial charge in [0.05, 0.1) is 12.8 Å². The van der Waals surface area contributed by atoms with Crippen molar-refractivity contribution in [2.24, 2.45) is 5.73 Å². The van der Waals surface area contributed by atoms with Crippen molar-refractivity contribution in [1.82, 2.24) is 0 Å². The van der Waals surface area contributed by atoms with Crippen LogP contribution < -0.4 is 15.4 Å². The Kier molecular flexibility index (Phi) is 3.30. The van der Waals surface area contributed by atoms with Crippen LogP contribution in [0.1, 0.15) is 6.92 Å². The van der Waals surface area contributed by atoms with Crippen LogP contribution in [0.5, 0.6) is 5.75 Å². The van der Waals surface area contributed by atoms with Gasteiger partial charge in [-0.25, -0.2) is 0 Å². The zero-order chi connectivity index (χ0) is 11.7. The summed E-state index contributed by atoms with van der Waals surface area (Å²) >= 11 is 1.87. The molecule has 0 aliphatic carbocycles. The molecule has 2 rings (SSSR count). The van der Waals surface area contributed by atoms with E-state index in [0.29, 0.717) is 17.8 Å². The lowest BCUT2D eigenvalue weighted by Crippen LogP contribution is -2.43. The molecule has 1 heterocycles. The number of anilines is 1. The summed E-state index contributed by atoms with van der Waals surface area (Å²) in [6.07, 6.45) is 0. The summed E-state index contributed by atoms with van der Waals surface area (Å²) in [4.78, 5) is 3.57. The summed E-state index contributed by atoms with van der Waals surface area (Å²) in [5, 5.41) is 0.464. The minimum atomic E-state index is 0.453. The van der Waals surface area contributed by atoms with Crippen LogP contribution in [0.2, 0.25) is 0 Å². The van der Waals surface area contributed by atoms with Gasteiger partial charge in [-0.2, -0.15) is 0 Å². The Labute approximate surface area is 101 Å². The first-order valence-corrected chi connectivity index (χ1v) is 6.33. The third-order valence-corrected chi connectivity index (χ3v) is 4.69. The molecule has 0 spiro atoms. The summed E-state index contributed by atoms with van der Waals surface area (Å²) in [6.45, 7) is 2.93. The van der Waals surface area contributed by atoms with Crippen LogP contribution in [-0.4, -0.2) is 32.0 Å². The molecule has 0 aromatic heterocycles. The Balaban J connectivity index is 2.38. The van der Waals surface area contributed by atoms with Crippen molar-refractivity contribution in [1.29, 1.82) is 0 Å². The number of benzene rings is 1. The Morgan fingerprint density at radius 3 is 2.88 bits per heavy atom. The lowest BCUT2D eigenvalue weighted by molar-refractivity contribution is 0.414. The first-order valence-electron chi connectivity index (χ1n) is 5.45. The molecule has 1 aliphatic rings. The number of hydrogen-bond donors (Lipinski definition) is 1. The van der Waals surface area contributed by atoms with Gasteiger partial charge >= 0.3 is 0 Å². The molecule has 0 saturated heterocycles. The van der Waals surface area contributed by atoms with E-state index in [1.54, 1.807) is 7.11 Å². The molecule has 0 saturated carbocycles. The molecule has 2 unspecified atom stereocenters. The minimum Gasteiger partial charge on any atom is -0.497 e. The van der Waals surface area contributed by atoms with Crippen molar-refractivity contribution < 1.29 is 4.74 Å². The van der Waals surface area contributed by atoms with Gasteiger partial charge in [-0.05, 0) is 19.1 Å². The topological polar surface area (TPSA) is 38.5 Å². The highest BCUT2D eigenvalue weighted by molar-refractivity contribution is 8.00. The maximum atomic E-state index is 5.80. The Morgan fingerprint density at radius 2 is 2.25 bits per heavy atom. The molecular formula is C12H18N2OS. The average molecular weight is 238 g/mol. The average Bonchev–Trinajstić information content (AvgIpc) is 2.33. The zero-order valence-corrected chi connectivity index (χ0v) is 10.8. The summed E-state index contributed by atoms with van der Waals surface area (Å²) in [5.41, 5.74) is 7.03. The Hall–Kier alpha value is -0.870. The maximum Gasteiger partial charge on any atom is 0.121 e. The van der Waals surface area contributed by atoms with Gasteiger partial charge in [0, 0.05) is 35.8 Å². The number of rotatable bonds is 2. The van der Waals surface area contributed by atoms with Crippen LogP contribution in [0, 0.1) is 0 Å². The molecular weight excluding hydrogens is 220 g/mol. The van der Waals surface area contributed by atoms with E-state index in [2.05, 4.69) is 31.0 Å². The molecule has 1 aromatic carbocycles. The van der Waals surface area contributed by atoms with E-state index in [4.69, 9.17) is 10.5 Å². The lowest BCUT2D eigenvalue weighted by Gasteiger charge is -2.38. The van der Waals surface area contributed by atoms with E-state index in [-0.39, 0.29) is 0 Å². The summed E-state index contributed by atoms with van der Waals surface area (Å²) in [6, 6.07) is 6.66. The van der Waals surface area contributed by atoms with Gasteiger partial charge in [0.2, 0.25) is 0 Å². The third-order valence-electron chi connectivity index (χ3n) is 3.21. The quantitative estimate of drug-likeness (QED) is 0.854. The number of thioether (sulfide) groups is 1. The molecule has 3 nitrogen and oxygen atoms in total. The van der Waals surface area contributed by atoms with Crippen molar-refractivity contribution in [3.63, 3.8) is 0 Å². The molecule has 0 bridgehead atoms. The number of nitrogens with two attached hydrogens (primary N) is 1. The molecule has 1 aromatic rings. The molecule has 0 radical (unpaired) electrons. The Morgan fingerprint density at radius 1 is 1.50 bits per heavy atom. The number of fused-ring (bicyclic) bond motifs is 1. The van der Waals surface area contributed by atoms with Gasteiger partial charge in [-0.3, -0.25) is 0 Å². The monoisotopic (exact) mass is 238 g/mol. The molecule has 16 heavy (non-hydrogen) atoms. The molecule has 2 N–H and O–H groups in total. The molecule has 88 valence electrons. The van der Waals surface area contributed by atoms with Gasteiger partial charge in [0.25, 0.3) is 0 Å². The zero-order valence-electron chi connectivity index (χ0n) is 9.93.